The summed E-state index contributed by atoms with van der Waals surface area (Å²) in [5.41, 5.74) is 1.73. The molecule has 8 heteroatoms. The van der Waals surface area contributed by atoms with E-state index in [9.17, 15) is 4.79 Å². The van der Waals surface area contributed by atoms with Crippen LogP contribution in [-0.2, 0) is 11.3 Å². The van der Waals surface area contributed by atoms with E-state index in [0.717, 1.165) is 11.1 Å². The number of hydrogen-bond acceptors (Lipinski definition) is 7. The fourth-order valence-corrected chi connectivity index (χ4v) is 3.73. The summed E-state index contributed by atoms with van der Waals surface area (Å²) in [6, 6.07) is 13.2. The van der Waals surface area contributed by atoms with Crippen molar-refractivity contribution in [2.24, 2.45) is 0 Å². The third-order valence-corrected chi connectivity index (χ3v) is 5.25. The molecule has 1 atom stereocenters. The van der Waals surface area contributed by atoms with Gasteiger partial charge in [-0.1, -0.05) is 23.4 Å². The molecule has 0 aliphatic carbocycles. The van der Waals surface area contributed by atoms with Gasteiger partial charge in [0, 0.05) is 19.5 Å². The molecule has 1 saturated heterocycles. The second-order valence-electron chi connectivity index (χ2n) is 7.25. The van der Waals surface area contributed by atoms with Crippen LogP contribution in [-0.4, -0.2) is 48.3 Å². The third kappa shape index (κ3) is 4.33. The summed E-state index contributed by atoms with van der Waals surface area (Å²) in [4.78, 5) is 19.0. The summed E-state index contributed by atoms with van der Waals surface area (Å²) >= 11 is 0. The van der Waals surface area contributed by atoms with E-state index in [0.29, 0.717) is 55.1 Å². The third-order valence-electron chi connectivity index (χ3n) is 5.25. The van der Waals surface area contributed by atoms with Gasteiger partial charge in [-0.25, -0.2) is 0 Å². The Morgan fingerprint density at radius 2 is 1.90 bits per heavy atom. The number of methoxy groups -OCH3 is 2. The number of hydrogen-bond donors (Lipinski definition) is 0. The highest BCUT2D eigenvalue weighted by atomic mass is 16.5. The molecule has 0 N–H and O–H groups in total. The van der Waals surface area contributed by atoms with E-state index in [1.54, 1.807) is 19.1 Å². The highest BCUT2D eigenvalue weighted by Crippen LogP contribution is 2.33. The lowest BCUT2D eigenvalue weighted by Gasteiger charge is -2.17. The van der Waals surface area contributed by atoms with E-state index in [4.69, 9.17) is 18.7 Å². The molecule has 3 aromatic rings. The minimum atomic E-state index is -0.145. The molecule has 1 unspecified atom stereocenters. The lowest BCUT2D eigenvalue weighted by molar-refractivity contribution is -0.128. The molecule has 0 saturated carbocycles. The molecule has 1 fully saturated rings. The molecule has 8 nitrogen and oxygen atoms in total. The predicted molar refractivity (Wildman–Crippen MR) is 113 cm³/mol. The maximum Gasteiger partial charge on any atom is 0.232 e. The molecule has 4 rings (SSSR count). The van der Waals surface area contributed by atoms with E-state index in [1.165, 1.54) is 0 Å². The molecule has 0 bridgehead atoms. The number of para-hydroxylation sites is 1. The lowest BCUT2D eigenvalue weighted by Crippen LogP contribution is -2.24. The topological polar surface area (TPSA) is 86.9 Å². The Morgan fingerprint density at radius 1 is 1.10 bits per heavy atom. The van der Waals surface area contributed by atoms with Gasteiger partial charge in [0.05, 0.1) is 32.3 Å². The van der Waals surface area contributed by atoms with Crippen LogP contribution in [0.3, 0.4) is 0 Å². The van der Waals surface area contributed by atoms with Crippen LogP contribution in [0.2, 0.25) is 0 Å². The van der Waals surface area contributed by atoms with Crippen LogP contribution in [0.4, 0.5) is 0 Å². The van der Waals surface area contributed by atoms with Crippen LogP contribution >= 0.6 is 0 Å². The summed E-state index contributed by atoms with van der Waals surface area (Å²) in [6.45, 7) is 3.46. The largest absolute Gasteiger partial charge is 0.493 e. The minimum Gasteiger partial charge on any atom is -0.493 e. The van der Waals surface area contributed by atoms with Crippen molar-refractivity contribution in [1.29, 1.82) is 0 Å². The maximum absolute atomic E-state index is 12.6. The van der Waals surface area contributed by atoms with E-state index in [-0.39, 0.29) is 11.8 Å². The highest BCUT2D eigenvalue weighted by molar-refractivity contribution is 5.79. The number of likely N-dealkylation sites (tertiary alicyclic amines) is 1. The first-order chi connectivity index (χ1) is 15.1. The average molecular weight is 423 g/mol. The summed E-state index contributed by atoms with van der Waals surface area (Å²) in [7, 11) is 3.19. The summed E-state index contributed by atoms with van der Waals surface area (Å²) in [5, 5.41) is 4.12. The van der Waals surface area contributed by atoms with Crippen LogP contribution in [0.25, 0.3) is 11.4 Å². The van der Waals surface area contributed by atoms with E-state index in [1.807, 2.05) is 49.4 Å². The fraction of sp³-hybridized carbons (Fsp3) is 0.348. The molecule has 31 heavy (non-hydrogen) atoms. The number of nitrogens with zero attached hydrogens (tertiary/aromatic N) is 3. The summed E-state index contributed by atoms with van der Waals surface area (Å²) in [5.74, 6) is 2.83. The van der Waals surface area contributed by atoms with Gasteiger partial charge in [0.1, 0.15) is 5.75 Å². The second kappa shape index (κ2) is 9.07. The Kier molecular flexibility index (Phi) is 6.06. The highest BCUT2D eigenvalue weighted by Gasteiger charge is 2.34. The van der Waals surface area contributed by atoms with Gasteiger partial charge in [-0.3, -0.25) is 4.79 Å². The Balaban J connectivity index is 1.48. The van der Waals surface area contributed by atoms with Crippen molar-refractivity contribution < 1.29 is 23.5 Å². The molecule has 2 aromatic carbocycles. The van der Waals surface area contributed by atoms with Gasteiger partial charge >= 0.3 is 0 Å². The molecule has 1 aliphatic heterocycles. The summed E-state index contributed by atoms with van der Waals surface area (Å²) < 4.78 is 21.8. The quantitative estimate of drug-likeness (QED) is 0.546. The molecule has 0 radical (unpaired) electrons. The molecule has 1 aromatic heterocycles. The van der Waals surface area contributed by atoms with Gasteiger partial charge in [-0.2, -0.15) is 4.98 Å². The monoisotopic (exact) mass is 423 g/mol. The maximum atomic E-state index is 12.6. The van der Waals surface area contributed by atoms with E-state index < -0.39 is 0 Å². The Labute approximate surface area is 180 Å². The fourth-order valence-electron chi connectivity index (χ4n) is 3.73. The Morgan fingerprint density at radius 3 is 2.68 bits per heavy atom. The van der Waals surface area contributed by atoms with Gasteiger partial charge in [0.25, 0.3) is 0 Å². The van der Waals surface area contributed by atoms with Gasteiger partial charge in [-0.15, -0.1) is 0 Å². The number of amides is 1. The van der Waals surface area contributed by atoms with Gasteiger partial charge in [0.2, 0.25) is 17.6 Å². The molecular formula is C23H25N3O5. The zero-order chi connectivity index (χ0) is 21.8. The SMILES string of the molecule is CCOc1ccccc1-c1noc(C2CC(=O)N(Cc3ccc(OC)c(OC)c3)C2)n1. The Hall–Kier alpha value is -3.55. The number of ether oxygens (including phenoxy) is 3. The molecule has 0 spiro atoms. The first-order valence-corrected chi connectivity index (χ1v) is 10.2. The van der Waals surface area contributed by atoms with E-state index >= 15 is 0 Å². The zero-order valence-electron chi connectivity index (χ0n) is 17.8. The van der Waals surface area contributed by atoms with Crippen LogP contribution in [0, 0.1) is 0 Å². The molecule has 2 heterocycles. The molecule has 1 amide bonds. The van der Waals surface area contributed by atoms with Crippen molar-refractivity contribution in [3.8, 4) is 28.6 Å². The van der Waals surface area contributed by atoms with Crippen molar-refractivity contribution in [3.63, 3.8) is 0 Å². The van der Waals surface area contributed by atoms with Crippen LogP contribution in [0.15, 0.2) is 47.0 Å². The second-order valence-corrected chi connectivity index (χ2v) is 7.25. The number of benzene rings is 2. The van der Waals surface area contributed by atoms with Crippen molar-refractivity contribution in [2.45, 2.75) is 25.8 Å². The number of carbonyl (C=O) groups is 1. The normalized spacial score (nSPS) is 15.9. The van der Waals surface area contributed by atoms with Gasteiger partial charge in [0.15, 0.2) is 11.5 Å². The lowest BCUT2D eigenvalue weighted by atomic mass is 10.1. The van der Waals surface area contributed by atoms with Crippen molar-refractivity contribution in [1.82, 2.24) is 15.0 Å². The van der Waals surface area contributed by atoms with E-state index in [2.05, 4.69) is 10.1 Å². The Bertz CT molecular complexity index is 1060. The molecular weight excluding hydrogens is 398 g/mol. The number of rotatable bonds is 8. The van der Waals surface area contributed by atoms with Gasteiger partial charge < -0.3 is 23.6 Å². The van der Waals surface area contributed by atoms with Crippen molar-refractivity contribution >= 4 is 5.91 Å². The standard InChI is InChI=1S/C23H25N3O5/c1-4-30-18-8-6-5-7-17(18)22-24-23(31-25-22)16-12-21(27)26(14-16)13-15-9-10-19(28-2)20(11-15)29-3/h5-11,16H,4,12-14H2,1-3H3. The first kappa shape index (κ1) is 20.7. The van der Waals surface area contributed by atoms with Crippen LogP contribution in [0.1, 0.15) is 30.7 Å². The van der Waals surface area contributed by atoms with Crippen molar-refractivity contribution in [2.75, 3.05) is 27.4 Å². The first-order valence-electron chi connectivity index (χ1n) is 10.2. The van der Waals surface area contributed by atoms with Gasteiger partial charge in [-0.05, 0) is 36.8 Å². The zero-order valence-corrected chi connectivity index (χ0v) is 17.8. The number of aromatic nitrogens is 2. The molecule has 162 valence electrons. The predicted octanol–water partition coefficient (Wildman–Crippen LogP) is 3.67. The van der Waals surface area contributed by atoms with Crippen molar-refractivity contribution in [3.05, 3.63) is 53.9 Å². The smallest absolute Gasteiger partial charge is 0.232 e. The van der Waals surface area contributed by atoms with Crippen LogP contribution < -0.4 is 14.2 Å². The molecule has 1 aliphatic rings. The number of carbonyl (C=O) groups excluding carboxylic acids is 1. The summed E-state index contributed by atoms with van der Waals surface area (Å²) in [6.07, 6.45) is 0.335. The average Bonchev–Trinajstić information content (AvgIpc) is 3.41. The minimum absolute atomic E-state index is 0.0502. The van der Waals surface area contributed by atoms with Crippen LogP contribution in [0.5, 0.6) is 17.2 Å².